The molecule has 0 amide bonds. The summed E-state index contributed by atoms with van der Waals surface area (Å²) in [6, 6.07) is 7.43. The third-order valence-electron chi connectivity index (χ3n) is 2.73. The molecule has 0 aromatic heterocycles. The summed E-state index contributed by atoms with van der Waals surface area (Å²) < 4.78 is 57.2. The van der Waals surface area contributed by atoms with E-state index in [4.69, 9.17) is 4.74 Å². The van der Waals surface area contributed by atoms with E-state index in [0.29, 0.717) is 0 Å². The molecule has 0 heterocycles. The third kappa shape index (κ3) is 2.54. The predicted octanol–water partition coefficient (Wildman–Crippen LogP) is 4.58. The number of methoxy groups -OCH3 is 1. The molecule has 19 heavy (non-hydrogen) atoms. The Morgan fingerprint density at radius 1 is 1.05 bits per heavy atom. The normalized spacial score (nSPS) is 10.8. The molecular weight excluding hydrogens is 260 g/mol. The van der Waals surface area contributed by atoms with E-state index < -0.39 is 18.1 Å². The van der Waals surface area contributed by atoms with E-state index in [0.717, 1.165) is 12.1 Å². The molecule has 0 fully saturated rings. The monoisotopic (exact) mass is 270 g/mol. The van der Waals surface area contributed by atoms with Gasteiger partial charge in [-0.3, -0.25) is 0 Å². The summed E-state index contributed by atoms with van der Waals surface area (Å²) in [4.78, 5) is 0. The average molecular weight is 270 g/mol. The first kappa shape index (κ1) is 13.4. The molecular formula is C14H10F4O. The van der Waals surface area contributed by atoms with Gasteiger partial charge in [-0.05, 0) is 23.8 Å². The lowest BCUT2D eigenvalue weighted by Gasteiger charge is -2.11. The number of alkyl halides is 2. The van der Waals surface area contributed by atoms with Crippen molar-refractivity contribution in [2.45, 2.75) is 6.43 Å². The Bertz CT molecular complexity index is 596. The number of hydrogen-bond acceptors (Lipinski definition) is 1. The lowest BCUT2D eigenvalue weighted by Crippen LogP contribution is -1.95. The summed E-state index contributed by atoms with van der Waals surface area (Å²) in [5.41, 5.74) is -0.249. The molecule has 1 nitrogen and oxygen atoms in total. The van der Waals surface area contributed by atoms with Crippen LogP contribution in [0.25, 0.3) is 11.1 Å². The van der Waals surface area contributed by atoms with Gasteiger partial charge in [0.05, 0.1) is 12.7 Å². The summed E-state index contributed by atoms with van der Waals surface area (Å²) in [5.74, 6) is -2.07. The summed E-state index contributed by atoms with van der Waals surface area (Å²) in [5, 5.41) is 0. The van der Waals surface area contributed by atoms with Gasteiger partial charge < -0.3 is 4.74 Å². The molecule has 0 aliphatic carbocycles. The van der Waals surface area contributed by atoms with Gasteiger partial charge in [-0.1, -0.05) is 18.2 Å². The van der Waals surface area contributed by atoms with Crippen LogP contribution in [0.4, 0.5) is 17.6 Å². The van der Waals surface area contributed by atoms with Gasteiger partial charge in [-0.25, -0.2) is 17.6 Å². The summed E-state index contributed by atoms with van der Waals surface area (Å²) in [7, 11) is 1.27. The SMILES string of the molecule is COc1ccc(-c2cccc(F)c2F)cc1C(F)F. The lowest BCUT2D eigenvalue weighted by atomic mass is 10.0. The highest BCUT2D eigenvalue weighted by Crippen LogP contribution is 2.34. The van der Waals surface area contributed by atoms with Gasteiger partial charge in [-0.15, -0.1) is 0 Å². The van der Waals surface area contributed by atoms with Crippen LogP contribution in [-0.2, 0) is 0 Å². The first-order valence-electron chi connectivity index (χ1n) is 5.45. The van der Waals surface area contributed by atoms with Crippen molar-refractivity contribution in [3.8, 4) is 16.9 Å². The second kappa shape index (κ2) is 5.30. The van der Waals surface area contributed by atoms with Gasteiger partial charge in [-0.2, -0.15) is 0 Å². The highest BCUT2D eigenvalue weighted by Gasteiger charge is 2.17. The van der Waals surface area contributed by atoms with E-state index >= 15 is 0 Å². The Hall–Kier alpha value is -2.04. The Labute approximate surface area is 107 Å². The highest BCUT2D eigenvalue weighted by atomic mass is 19.3. The van der Waals surface area contributed by atoms with Crippen LogP contribution in [0.3, 0.4) is 0 Å². The van der Waals surface area contributed by atoms with E-state index in [1.807, 2.05) is 0 Å². The van der Waals surface area contributed by atoms with Gasteiger partial charge >= 0.3 is 0 Å². The molecule has 5 heteroatoms. The van der Waals surface area contributed by atoms with Crippen LogP contribution < -0.4 is 4.74 Å². The molecule has 0 bridgehead atoms. The molecule has 0 saturated heterocycles. The second-order valence-electron chi connectivity index (χ2n) is 3.86. The van der Waals surface area contributed by atoms with E-state index in [1.165, 1.54) is 31.4 Å². The minimum Gasteiger partial charge on any atom is -0.496 e. The van der Waals surface area contributed by atoms with Gasteiger partial charge in [0.15, 0.2) is 11.6 Å². The number of hydrogen-bond donors (Lipinski definition) is 0. The topological polar surface area (TPSA) is 9.23 Å². The van der Waals surface area contributed by atoms with E-state index in [-0.39, 0.29) is 22.4 Å². The maximum atomic E-state index is 13.6. The summed E-state index contributed by atoms with van der Waals surface area (Å²) in [6.45, 7) is 0. The first-order chi connectivity index (χ1) is 9.04. The molecule has 2 aromatic carbocycles. The molecule has 2 aromatic rings. The fourth-order valence-electron chi connectivity index (χ4n) is 1.80. The zero-order chi connectivity index (χ0) is 14.0. The zero-order valence-corrected chi connectivity index (χ0v) is 9.96. The second-order valence-corrected chi connectivity index (χ2v) is 3.86. The zero-order valence-electron chi connectivity index (χ0n) is 9.96. The van der Waals surface area contributed by atoms with Crippen LogP contribution >= 0.6 is 0 Å². The van der Waals surface area contributed by atoms with Crippen LogP contribution in [0.5, 0.6) is 5.75 Å². The number of halogens is 4. The molecule has 0 radical (unpaired) electrons. The van der Waals surface area contributed by atoms with Crippen molar-refractivity contribution in [3.63, 3.8) is 0 Å². The van der Waals surface area contributed by atoms with E-state index in [1.54, 1.807) is 0 Å². The van der Waals surface area contributed by atoms with E-state index in [2.05, 4.69) is 0 Å². The van der Waals surface area contributed by atoms with E-state index in [9.17, 15) is 17.6 Å². The van der Waals surface area contributed by atoms with Crippen molar-refractivity contribution in [2.75, 3.05) is 7.11 Å². The molecule has 0 saturated carbocycles. The van der Waals surface area contributed by atoms with Crippen molar-refractivity contribution in [1.29, 1.82) is 0 Å². The molecule has 0 aliphatic rings. The van der Waals surface area contributed by atoms with Crippen molar-refractivity contribution >= 4 is 0 Å². The van der Waals surface area contributed by atoms with Crippen molar-refractivity contribution in [3.05, 3.63) is 53.6 Å². The van der Waals surface area contributed by atoms with Crippen LogP contribution in [0.15, 0.2) is 36.4 Å². The number of benzene rings is 2. The largest absolute Gasteiger partial charge is 0.496 e. The summed E-state index contributed by atoms with van der Waals surface area (Å²) >= 11 is 0. The van der Waals surface area contributed by atoms with Gasteiger partial charge in [0, 0.05) is 5.56 Å². The third-order valence-corrected chi connectivity index (χ3v) is 2.73. The van der Waals surface area contributed by atoms with Crippen LogP contribution in [0.1, 0.15) is 12.0 Å². The minimum atomic E-state index is -2.76. The molecule has 0 N–H and O–H groups in total. The Morgan fingerprint density at radius 2 is 1.79 bits per heavy atom. The smallest absolute Gasteiger partial charge is 0.267 e. The molecule has 0 unspecified atom stereocenters. The van der Waals surface area contributed by atoms with Gasteiger partial charge in [0.2, 0.25) is 0 Å². The maximum absolute atomic E-state index is 13.6. The summed E-state index contributed by atoms with van der Waals surface area (Å²) in [6.07, 6.45) is -2.76. The van der Waals surface area contributed by atoms with Gasteiger partial charge in [0.25, 0.3) is 6.43 Å². The molecule has 0 atom stereocenters. The van der Waals surface area contributed by atoms with Crippen molar-refractivity contribution < 1.29 is 22.3 Å². The maximum Gasteiger partial charge on any atom is 0.267 e. The first-order valence-corrected chi connectivity index (χ1v) is 5.45. The predicted molar refractivity (Wildman–Crippen MR) is 63.3 cm³/mol. The number of rotatable bonds is 3. The molecule has 100 valence electrons. The standard InChI is InChI=1S/C14H10F4O/c1-19-12-6-5-8(7-10(12)14(17)18)9-3-2-4-11(15)13(9)16/h2-7,14H,1H3. The average Bonchev–Trinajstić information content (AvgIpc) is 2.41. The fraction of sp³-hybridized carbons (Fsp3) is 0.143. The van der Waals surface area contributed by atoms with Crippen molar-refractivity contribution in [2.24, 2.45) is 0 Å². The lowest BCUT2D eigenvalue weighted by molar-refractivity contribution is 0.147. The minimum absolute atomic E-state index is 0.00978. The fourth-order valence-corrected chi connectivity index (χ4v) is 1.80. The Balaban J connectivity index is 2.57. The molecule has 2 rings (SSSR count). The van der Waals surface area contributed by atoms with Crippen LogP contribution in [0, 0.1) is 11.6 Å². The van der Waals surface area contributed by atoms with Crippen LogP contribution in [-0.4, -0.2) is 7.11 Å². The molecule has 0 spiro atoms. The highest BCUT2D eigenvalue weighted by molar-refractivity contribution is 5.66. The quantitative estimate of drug-likeness (QED) is 0.742. The van der Waals surface area contributed by atoms with Crippen LogP contribution in [0.2, 0.25) is 0 Å². The van der Waals surface area contributed by atoms with Gasteiger partial charge in [0.1, 0.15) is 5.75 Å². The molecule has 0 aliphatic heterocycles. The Kier molecular flexibility index (Phi) is 3.74. The number of ether oxygens (including phenoxy) is 1. The van der Waals surface area contributed by atoms with Crippen molar-refractivity contribution in [1.82, 2.24) is 0 Å². The Morgan fingerprint density at radius 3 is 2.42 bits per heavy atom.